The van der Waals surface area contributed by atoms with Crippen LogP contribution >= 0.6 is 12.2 Å². The van der Waals surface area contributed by atoms with Gasteiger partial charge in [-0.3, -0.25) is 5.43 Å². The van der Waals surface area contributed by atoms with Crippen molar-refractivity contribution in [1.29, 1.82) is 0 Å². The van der Waals surface area contributed by atoms with Crippen LogP contribution in [0.1, 0.15) is 11.1 Å². The molecule has 0 saturated heterocycles. The van der Waals surface area contributed by atoms with E-state index in [4.69, 9.17) is 22.7 Å². The van der Waals surface area contributed by atoms with Gasteiger partial charge in [0, 0.05) is 16.9 Å². The number of anilines is 2. The Kier molecular flexibility index (Phi) is 5.81. The summed E-state index contributed by atoms with van der Waals surface area (Å²) in [7, 11) is 1.53. The first kappa shape index (κ1) is 18.5. The van der Waals surface area contributed by atoms with E-state index < -0.39 is 11.7 Å². The average molecular weight is 368 g/mol. The molecule has 132 valence electrons. The summed E-state index contributed by atoms with van der Waals surface area (Å²) in [5, 5.41) is 6.58. The number of nitrogens with zero attached hydrogens (tertiary/aromatic N) is 1. The fourth-order valence-corrected chi connectivity index (χ4v) is 2.14. The number of benzene rings is 2. The van der Waals surface area contributed by atoms with E-state index in [9.17, 15) is 13.2 Å². The predicted octanol–water partition coefficient (Wildman–Crippen LogP) is 3.62. The quantitative estimate of drug-likeness (QED) is 0.333. The molecule has 2 aromatic rings. The van der Waals surface area contributed by atoms with E-state index >= 15 is 0 Å². The van der Waals surface area contributed by atoms with Crippen molar-refractivity contribution >= 4 is 34.9 Å². The zero-order chi connectivity index (χ0) is 18.4. The van der Waals surface area contributed by atoms with Crippen LogP contribution in [0.4, 0.5) is 24.5 Å². The Morgan fingerprint density at radius 2 is 1.96 bits per heavy atom. The molecule has 2 aromatic carbocycles. The second-order valence-corrected chi connectivity index (χ2v) is 5.27. The van der Waals surface area contributed by atoms with E-state index in [0.717, 1.165) is 12.1 Å². The molecule has 0 heterocycles. The molecule has 0 amide bonds. The average Bonchev–Trinajstić information content (AvgIpc) is 2.56. The van der Waals surface area contributed by atoms with Crippen LogP contribution in [0.25, 0.3) is 0 Å². The van der Waals surface area contributed by atoms with Gasteiger partial charge in [-0.1, -0.05) is 12.1 Å². The summed E-state index contributed by atoms with van der Waals surface area (Å²) in [5.74, 6) is 0.625. The molecule has 0 radical (unpaired) electrons. The van der Waals surface area contributed by atoms with Crippen LogP contribution < -0.4 is 21.2 Å². The third kappa shape index (κ3) is 5.08. The van der Waals surface area contributed by atoms with Gasteiger partial charge in [-0.2, -0.15) is 18.3 Å². The number of nitrogen functional groups attached to an aromatic ring is 1. The number of thiocarbonyl (C=S) groups is 1. The van der Waals surface area contributed by atoms with Gasteiger partial charge in [0.25, 0.3) is 0 Å². The van der Waals surface area contributed by atoms with Gasteiger partial charge < -0.3 is 15.8 Å². The summed E-state index contributed by atoms with van der Waals surface area (Å²) < 4.78 is 43.7. The number of hydrogen-bond acceptors (Lipinski definition) is 4. The topological polar surface area (TPSA) is 71.7 Å². The van der Waals surface area contributed by atoms with E-state index in [1.54, 1.807) is 12.1 Å². The molecule has 0 aromatic heterocycles. The molecular formula is C16H15F3N4OS. The van der Waals surface area contributed by atoms with Crippen molar-refractivity contribution in [3.05, 3.63) is 53.6 Å². The second kappa shape index (κ2) is 7.84. The maximum atomic E-state index is 12.8. The van der Waals surface area contributed by atoms with E-state index in [2.05, 4.69) is 15.8 Å². The van der Waals surface area contributed by atoms with E-state index in [1.807, 2.05) is 12.1 Å². The lowest BCUT2D eigenvalue weighted by atomic mass is 10.1. The summed E-state index contributed by atoms with van der Waals surface area (Å²) in [6, 6.07) is 10.6. The molecular weight excluding hydrogens is 353 g/mol. The zero-order valence-corrected chi connectivity index (χ0v) is 13.9. The summed E-state index contributed by atoms with van der Waals surface area (Å²) in [6.07, 6.45) is -3.06. The lowest BCUT2D eigenvalue weighted by Gasteiger charge is -2.13. The van der Waals surface area contributed by atoms with Crippen LogP contribution in [0.15, 0.2) is 47.6 Å². The third-order valence-corrected chi connectivity index (χ3v) is 3.32. The number of hydrazone groups is 1. The Morgan fingerprint density at radius 3 is 2.64 bits per heavy atom. The minimum atomic E-state index is -4.54. The highest BCUT2D eigenvalue weighted by Gasteiger charge is 2.33. The normalized spacial score (nSPS) is 11.4. The lowest BCUT2D eigenvalue weighted by molar-refractivity contribution is -0.136. The minimum absolute atomic E-state index is 0.0315. The number of nitrogens with one attached hydrogen (secondary N) is 2. The van der Waals surface area contributed by atoms with Crippen LogP contribution in [0, 0.1) is 0 Å². The van der Waals surface area contributed by atoms with Gasteiger partial charge in [0.1, 0.15) is 5.75 Å². The summed E-state index contributed by atoms with van der Waals surface area (Å²) in [5.41, 5.74) is 7.44. The fourth-order valence-electron chi connectivity index (χ4n) is 1.97. The van der Waals surface area contributed by atoms with Gasteiger partial charge in [-0.25, -0.2) is 0 Å². The smallest absolute Gasteiger partial charge is 0.418 e. The van der Waals surface area contributed by atoms with Gasteiger partial charge in [0.2, 0.25) is 0 Å². The van der Waals surface area contributed by atoms with Crippen LogP contribution in [-0.4, -0.2) is 18.4 Å². The van der Waals surface area contributed by atoms with Gasteiger partial charge >= 0.3 is 6.18 Å². The number of methoxy groups -OCH3 is 1. The monoisotopic (exact) mass is 368 g/mol. The highest BCUT2D eigenvalue weighted by Crippen LogP contribution is 2.35. The van der Waals surface area contributed by atoms with E-state index in [0.29, 0.717) is 11.3 Å². The lowest BCUT2D eigenvalue weighted by Crippen LogP contribution is -2.24. The Labute approximate surface area is 147 Å². The molecule has 0 bridgehead atoms. The molecule has 2 rings (SSSR count). The summed E-state index contributed by atoms with van der Waals surface area (Å²) >= 11 is 5.00. The van der Waals surface area contributed by atoms with Crippen LogP contribution in [0.2, 0.25) is 0 Å². The summed E-state index contributed by atoms with van der Waals surface area (Å²) in [6.45, 7) is 0. The number of hydrogen-bond donors (Lipinski definition) is 3. The van der Waals surface area contributed by atoms with Crippen molar-refractivity contribution in [2.45, 2.75) is 6.18 Å². The molecule has 0 saturated carbocycles. The molecule has 0 aliphatic rings. The van der Waals surface area contributed by atoms with Gasteiger partial charge in [-0.05, 0) is 42.5 Å². The van der Waals surface area contributed by atoms with E-state index in [-0.39, 0.29) is 16.5 Å². The molecule has 0 spiro atoms. The molecule has 5 nitrogen and oxygen atoms in total. The maximum Gasteiger partial charge on any atom is 0.418 e. The summed E-state index contributed by atoms with van der Waals surface area (Å²) in [4.78, 5) is 0. The van der Waals surface area contributed by atoms with Crippen molar-refractivity contribution in [3.63, 3.8) is 0 Å². The zero-order valence-electron chi connectivity index (χ0n) is 13.1. The van der Waals surface area contributed by atoms with Crippen molar-refractivity contribution in [2.24, 2.45) is 5.10 Å². The fraction of sp³-hybridized carbons (Fsp3) is 0.125. The Balaban J connectivity index is 2.02. The van der Waals surface area contributed by atoms with Gasteiger partial charge in [0.05, 0.1) is 18.9 Å². The number of nitrogens with two attached hydrogens (primary N) is 1. The number of ether oxygens (including phenoxy) is 1. The van der Waals surface area contributed by atoms with Crippen LogP contribution in [0.5, 0.6) is 5.75 Å². The first-order valence-corrected chi connectivity index (χ1v) is 7.42. The Morgan fingerprint density at radius 1 is 1.24 bits per heavy atom. The SMILES string of the molecule is COc1ccccc1/C=N/NC(=S)Nc1ccc(N)c(C(F)(F)F)c1. The molecule has 0 atom stereocenters. The minimum Gasteiger partial charge on any atom is -0.496 e. The number of halogens is 3. The number of alkyl halides is 3. The van der Waals surface area contributed by atoms with Crippen LogP contribution in [-0.2, 0) is 6.18 Å². The van der Waals surface area contributed by atoms with Gasteiger partial charge in [-0.15, -0.1) is 0 Å². The highest BCUT2D eigenvalue weighted by atomic mass is 32.1. The first-order valence-electron chi connectivity index (χ1n) is 7.01. The standard InChI is InChI=1S/C16H15F3N4OS/c1-24-14-5-3-2-4-10(14)9-21-23-15(25)22-11-6-7-13(20)12(8-11)16(17,18)19/h2-9H,20H2,1H3,(H2,22,23,25)/b21-9+. The molecule has 9 heteroatoms. The molecule has 25 heavy (non-hydrogen) atoms. The van der Waals surface area contributed by atoms with Crippen molar-refractivity contribution < 1.29 is 17.9 Å². The number of para-hydroxylation sites is 1. The van der Waals surface area contributed by atoms with Crippen molar-refractivity contribution in [1.82, 2.24) is 5.43 Å². The largest absolute Gasteiger partial charge is 0.496 e. The number of rotatable bonds is 4. The maximum absolute atomic E-state index is 12.8. The Bertz CT molecular complexity index is 793. The van der Waals surface area contributed by atoms with Gasteiger partial charge in [0.15, 0.2) is 5.11 Å². The van der Waals surface area contributed by atoms with Crippen molar-refractivity contribution in [3.8, 4) is 5.75 Å². The predicted molar refractivity (Wildman–Crippen MR) is 95.8 cm³/mol. The highest BCUT2D eigenvalue weighted by molar-refractivity contribution is 7.80. The molecule has 0 unspecified atom stereocenters. The molecule has 0 aliphatic carbocycles. The van der Waals surface area contributed by atoms with E-state index in [1.165, 1.54) is 19.4 Å². The molecule has 0 fully saturated rings. The third-order valence-electron chi connectivity index (χ3n) is 3.13. The van der Waals surface area contributed by atoms with Crippen molar-refractivity contribution in [2.75, 3.05) is 18.2 Å². The molecule has 0 aliphatic heterocycles. The first-order chi connectivity index (χ1) is 11.8. The Hall–Kier alpha value is -2.81. The second-order valence-electron chi connectivity index (χ2n) is 4.87. The van der Waals surface area contributed by atoms with Crippen LogP contribution in [0.3, 0.4) is 0 Å². The molecule has 4 N–H and O–H groups in total.